The Morgan fingerprint density at radius 2 is 1.94 bits per heavy atom. The van der Waals surface area contributed by atoms with E-state index in [0.29, 0.717) is 5.69 Å². The highest BCUT2D eigenvalue weighted by atomic mass is 16.4. The van der Waals surface area contributed by atoms with Crippen LogP contribution in [0, 0.1) is 0 Å². The summed E-state index contributed by atoms with van der Waals surface area (Å²) in [5.41, 5.74) is 6.85. The van der Waals surface area contributed by atoms with E-state index in [4.69, 9.17) is 10.8 Å². The topological polar surface area (TPSA) is 92.4 Å². The minimum Gasteiger partial charge on any atom is -0.481 e. The standard InChI is InChI=1S/C11H14N2O3/c1-7(14)13-10(6-11(15)16)8-2-4-9(12)5-3-8/h2-5,10H,6,12H2,1H3,(H,13,14)(H,15,16). The number of anilines is 1. The molecule has 0 aromatic heterocycles. The molecule has 1 rings (SSSR count). The molecule has 0 spiro atoms. The highest BCUT2D eigenvalue weighted by Gasteiger charge is 2.16. The van der Waals surface area contributed by atoms with Crippen molar-refractivity contribution >= 4 is 17.6 Å². The normalized spacial score (nSPS) is 11.8. The Bertz CT molecular complexity index is 371. The fraction of sp³-hybridized carbons (Fsp3) is 0.273. The van der Waals surface area contributed by atoms with Crippen LogP contribution >= 0.6 is 0 Å². The Hall–Kier alpha value is -2.04. The van der Waals surface area contributed by atoms with E-state index in [-0.39, 0.29) is 12.3 Å². The Morgan fingerprint density at radius 1 is 1.38 bits per heavy atom. The van der Waals surface area contributed by atoms with Gasteiger partial charge < -0.3 is 16.2 Å². The van der Waals surface area contributed by atoms with Gasteiger partial charge >= 0.3 is 5.97 Å². The van der Waals surface area contributed by atoms with Crippen molar-refractivity contribution in [1.29, 1.82) is 0 Å². The molecule has 4 N–H and O–H groups in total. The molecule has 0 radical (unpaired) electrons. The average molecular weight is 222 g/mol. The molecule has 5 nitrogen and oxygen atoms in total. The summed E-state index contributed by atoms with van der Waals surface area (Å²) in [7, 11) is 0. The van der Waals surface area contributed by atoms with Gasteiger partial charge in [-0.25, -0.2) is 0 Å². The molecule has 0 aliphatic carbocycles. The van der Waals surface area contributed by atoms with Gasteiger partial charge in [-0.05, 0) is 17.7 Å². The largest absolute Gasteiger partial charge is 0.481 e. The second-order valence-corrected chi connectivity index (χ2v) is 3.52. The summed E-state index contributed by atoms with van der Waals surface area (Å²) in [6.45, 7) is 1.35. The van der Waals surface area contributed by atoms with E-state index in [9.17, 15) is 9.59 Å². The highest BCUT2D eigenvalue weighted by Crippen LogP contribution is 2.18. The fourth-order valence-electron chi connectivity index (χ4n) is 1.40. The van der Waals surface area contributed by atoms with E-state index in [2.05, 4.69) is 5.32 Å². The molecule has 1 aromatic rings. The highest BCUT2D eigenvalue weighted by molar-refractivity contribution is 5.75. The van der Waals surface area contributed by atoms with Gasteiger partial charge in [0.05, 0.1) is 12.5 Å². The first kappa shape index (κ1) is 12.0. The van der Waals surface area contributed by atoms with Crippen LogP contribution in [0.2, 0.25) is 0 Å². The SMILES string of the molecule is CC(=O)NC(CC(=O)O)c1ccc(N)cc1. The molecule has 1 amide bonds. The summed E-state index contributed by atoms with van der Waals surface area (Å²) in [5, 5.41) is 11.3. The molecular weight excluding hydrogens is 208 g/mol. The van der Waals surface area contributed by atoms with Crippen molar-refractivity contribution < 1.29 is 14.7 Å². The van der Waals surface area contributed by atoms with Crippen molar-refractivity contribution in [2.45, 2.75) is 19.4 Å². The number of benzene rings is 1. The number of hydrogen-bond acceptors (Lipinski definition) is 3. The Labute approximate surface area is 93.3 Å². The lowest BCUT2D eigenvalue weighted by atomic mass is 10.0. The van der Waals surface area contributed by atoms with Crippen molar-refractivity contribution in [3.63, 3.8) is 0 Å². The zero-order chi connectivity index (χ0) is 12.1. The van der Waals surface area contributed by atoms with Crippen LogP contribution in [-0.2, 0) is 9.59 Å². The number of carboxylic acid groups (broad SMARTS) is 1. The Kier molecular flexibility index (Phi) is 3.88. The zero-order valence-corrected chi connectivity index (χ0v) is 8.93. The molecule has 16 heavy (non-hydrogen) atoms. The van der Waals surface area contributed by atoms with Gasteiger partial charge in [0.2, 0.25) is 5.91 Å². The smallest absolute Gasteiger partial charge is 0.305 e. The minimum absolute atomic E-state index is 0.149. The summed E-state index contributed by atoms with van der Waals surface area (Å²) in [6, 6.07) is 6.24. The van der Waals surface area contributed by atoms with E-state index in [1.54, 1.807) is 24.3 Å². The molecule has 0 saturated heterocycles. The lowest BCUT2D eigenvalue weighted by molar-refractivity contribution is -0.137. The van der Waals surface area contributed by atoms with Gasteiger partial charge in [-0.3, -0.25) is 9.59 Å². The number of carbonyl (C=O) groups excluding carboxylic acids is 1. The van der Waals surface area contributed by atoms with Gasteiger partial charge in [-0.2, -0.15) is 0 Å². The first-order valence-corrected chi connectivity index (χ1v) is 4.83. The first-order valence-electron chi connectivity index (χ1n) is 4.83. The molecule has 1 atom stereocenters. The van der Waals surface area contributed by atoms with Gasteiger partial charge in [-0.1, -0.05) is 12.1 Å². The van der Waals surface area contributed by atoms with E-state index < -0.39 is 12.0 Å². The molecule has 0 aliphatic rings. The summed E-state index contributed by atoms with van der Waals surface area (Å²) in [4.78, 5) is 21.6. The molecule has 5 heteroatoms. The molecule has 0 bridgehead atoms. The van der Waals surface area contributed by atoms with Crippen LogP contribution in [0.1, 0.15) is 24.9 Å². The molecule has 0 heterocycles. The molecule has 0 saturated carbocycles. The van der Waals surface area contributed by atoms with Gasteiger partial charge in [0.1, 0.15) is 0 Å². The summed E-state index contributed by atoms with van der Waals surface area (Å²) in [5.74, 6) is -1.22. The fourth-order valence-corrected chi connectivity index (χ4v) is 1.40. The van der Waals surface area contributed by atoms with E-state index in [1.807, 2.05) is 0 Å². The van der Waals surface area contributed by atoms with Crippen LogP contribution in [0.5, 0.6) is 0 Å². The quantitative estimate of drug-likeness (QED) is 0.660. The van der Waals surface area contributed by atoms with Crippen molar-refractivity contribution in [2.75, 3.05) is 5.73 Å². The van der Waals surface area contributed by atoms with Gasteiger partial charge in [-0.15, -0.1) is 0 Å². The third-order valence-electron chi connectivity index (χ3n) is 2.10. The van der Waals surface area contributed by atoms with Crippen LogP contribution < -0.4 is 11.1 Å². The number of nitrogen functional groups attached to an aromatic ring is 1. The van der Waals surface area contributed by atoms with Crippen molar-refractivity contribution in [3.8, 4) is 0 Å². The number of rotatable bonds is 4. The Balaban J connectivity index is 2.86. The summed E-state index contributed by atoms with van der Waals surface area (Å²) >= 11 is 0. The maximum atomic E-state index is 10.9. The Morgan fingerprint density at radius 3 is 2.38 bits per heavy atom. The second-order valence-electron chi connectivity index (χ2n) is 3.52. The number of amides is 1. The molecule has 1 aromatic carbocycles. The van der Waals surface area contributed by atoms with Crippen molar-refractivity contribution in [3.05, 3.63) is 29.8 Å². The lowest BCUT2D eigenvalue weighted by Crippen LogP contribution is -2.27. The summed E-state index contributed by atoms with van der Waals surface area (Å²) < 4.78 is 0. The van der Waals surface area contributed by atoms with Gasteiger partial charge in [0.15, 0.2) is 0 Å². The zero-order valence-electron chi connectivity index (χ0n) is 8.93. The number of aliphatic carboxylic acids is 1. The number of carboxylic acids is 1. The second kappa shape index (κ2) is 5.16. The minimum atomic E-state index is -0.962. The van der Waals surface area contributed by atoms with Crippen LogP contribution in [-0.4, -0.2) is 17.0 Å². The van der Waals surface area contributed by atoms with E-state index in [0.717, 1.165) is 5.56 Å². The molecule has 86 valence electrons. The molecule has 1 unspecified atom stereocenters. The summed E-state index contributed by atoms with van der Waals surface area (Å²) in [6.07, 6.45) is -0.149. The first-order chi connectivity index (χ1) is 7.49. The van der Waals surface area contributed by atoms with Crippen LogP contribution in [0.4, 0.5) is 5.69 Å². The predicted molar refractivity (Wildman–Crippen MR) is 59.7 cm³/mol. The third-order valence-corrected chi connectivity index (χ3v) is 2.10. The maximum Gasteiger partial charge on any atom is 0.305 e. The van der Waals surface area contributed by atoms with E-state index in [1.165, 1.54) is 6.92 Å². The van der Waals surface area contributed by atoms with Crippen molar-refractivity contribution in [1.82, 2.24) is 5.32 Å². The van der Waals surface area contributed by atoms with E-state index >= 15 is 0 Å². The third kappa shape index (κ3) is 3.61. The van der Waals surface area contributed by atoms with Crippen LogP contribution in [0.25, 0.3) is 0 Å². The molecule has 0 aliphatic heterocycles. The number of nitrogens with one attached hydrogen (secondary N) is 1. The monoisotopic (exact) mass is 222 g/mol. The lowest BCUT2D eigenvalue weighted by Gasteiger charge is -2.16. The number of hydrogen-bond donors (Lipinski definition) is 3. The van der Waals surface area contributed by atoms with Crippen LogP contribution in [0.3, 0.4) is 0 Å². The predicted octanol–water partition coefficient (Wildman–Crippen LogP) is 0.921. The van der Waals surface area contributed by atoms with Crippen LogP contribution in [0.15, 0.2) is 24.3 Å². The van der Waals surface area contributed by atoms with Gasteiger partial charge in [0.25, 0.3) is 0 Å². The number of carbonyl (C=O) groups is 2. The molecular formula is C11H14N2O3. The van der Waals surface area contributed by atoms with Gasteiger partial charge in [0, 0.05) is 12.6 Å². The molecule has 0 fully saturated rings. The maximum absolute atomic E-state index is 10.9. The number of nitrogens with two attached hydrogens (primary N) is 1. The average Bonchev–Trinajstić information content (AvgIpc) is 2.16. The van der Waals surface area contributed by atoms with Crippen molar-refractivity contribution in [2.24, 2.45) is 0 Å².